The third-order valence-corrected chi connectivity index (χ3v) is 8.14. The fraction of sp³-hybridized carbons (Fsp3) is 0.333. The third-order valence-electron chi connectivity index (χ3n) is 2.73. The zero-order valence-electron chi connectivity index (χ0n) is 11.1. The Balaban J connectivity index is -0.000001000. The molecule has 0 atom stereocenters. The van der Waals surface area contributed by atoms with Gasteiger partial charge in [-0.25, -0.2) is 0 Å². The lowest BCUT2D eigenvalue weighted by molar-refractivity contribution is 0.334. The molecule has 0 aliphatic heterocycles. The topological polar surface area (TPSA) is 49.7 Å². The normalized spacial score (nSPS) is 10.3. The van der Waals surface area contributed by atoms with Crippen molar-refractivity contribution in [1.29, 1.82) is 0 Å². The minimum Gasteiger partial charge on any atom is -0.411 e. The van der Waals surface area contributed by atoms with E-state index in [4.69, 9.17) is 4.12 Å². The Morgan fingerprint density at radius 3 is 1.22 bits per heavy atom. The molecule has 0 aliphatic rings. The van der Waals surface area contributed by atoms with Crippen LogP contribution in [0.4, 0.5) is 0 Å². The van der Waals surface area contributed by atoms with Crippen LogP contribution in [0.1, 0.15) is 29.7 Å². The van der Waals surface area contributed by atoms with Crippen LogP contribution >= 0.6 is 0 Å². The second kappa shape index (κ2) is 10.5. The Kier molecular flexibility index (Phi) is 12.2. The monoisotopic (exact) mass is 354 g/mol. The molecule has 0 aromatic heterocycles. The summed E-state index contributed by atoms with van der Waals surface area (Å²) in [6, 6.07) is 18.6. The van der Waals surface area contributed by atoms with Crippen LogP contribution in [0.2, 0.25) is 13.1 Å². The van der Waals surface area contributed by atoms with Gasteiger partial charge < -0.3 is 13.7 Å². The smallest absolute Gasteiger partial charge is 0.395 e. The Morgan fingerprint density at radius 2 is 0.957 bits per heavy atom. The van der Waals surface area contributed by atoms with Crippen LogP contribution in [-0.2, 0) is 4.12 Å². The summed E-state index contributed by atoms with van der Waals surface area (Å²) in [4.78, 5) is 21.1. The lowest BCUT2D eigenvalue weighted by Gasteiger charge is -2.31. The van der Waals surface area contributed by atoms with Crippen LogP contribution in [0, 0.1) is 0 Å². The van der Waals surface area contributed by atoms with E-state index in [2.05, 4.69) is 0 Å². The summed E-state index contributed by atoms with van der Waals surface area (Å²) in [7, 11) is -6.17. The molecule has 0 unspecified atom stereocenters. The van der Waals surface area contributed by atoms with Crippen molar-refractivity contribution >= 4 is 27.5 Å². The summed E-state index contributed by atoms with van der Waals surface area (Å²) in [6.07, 6.45) is 0. The lowest BCUT2D eigenvalue weighted by atomic mass is 10.4. The molecule has 2 rings (SSSR count). The van der Waals surface area contributed by atoms with Gasteiger partial charge in [-0.05, 0) is 23.5 Å². The van der Waals surface area contributed by atoms with Crippen molar-refractivity contribution in [3.8, 4) is 0 Å². The van der Waals surface area contributed by atoms with Crippen LogP contribution in [0.5, 0.6) is 0 Å². The van der Waals surface area contributed by atoms with Gasteiger partial charge in [-0.1, -0.05) is 90.4 Å². The van der Waals surface area contributed by atoms with E-state index in [1.807, 2.05) is 60.7 Å². The molecule has 0 saturated heterocycles. The maximum absolute atomic E-state index is 11.1. The highest BCUT2D eigenvalue weighted by Gasteiger charge is 2.43. The van der Waals surface area contributed by atoms with Gasteiger partial charge in [0.2, 0.25) is 0 Å². The number of hydrogen-bond acceptors (Lipinski definition) is 3. The van der Waals surface area contributed by atoms with E-state index in [9.17, 15) is 9.59 Å². The van der Waals surface area contributed by atoms with E-state index in [-0.39, 0.29) is 29.7 Å². The first kappa shape index (κ1) is 26.6. The van der Waals surface area contributed by atoms with E-state index in [1.165, 1.54) is 0 Å². The third kappa shape index (κ3) is 6.80. The van der Waals surface area contributed by atoms with Crippen LogP contribution in [0.15, 0.2) is 60.7 Å². The van der Waals surface area contributed by atoms with Crippen molar-refractivity contribution in [2.24, 2.45) is 0 Å². The summed E-state index contributed by atoms with van der Waals surface area (Å²) in [6.45, 7) is 3.33. The average molecular weight is 355 g/mol. The van der Waals surface area contributed by atoms with Gasteiger partial charge in [-0.15, -0.1) is 0 Å². The van der Waals surface area contributed by atoms with Crippen LogP contribution in [-0.4, -0.2) is 26.7 Å². The average Bonchev–Trinajstić information content (AvgIpc) is 2.39. The van der Waals surface area contributed by atoms with Crippen molar-refractivity contribution in [3.63, 3.8) is 0 Å². The van der Waals surface area contributed by atoms with Crippen LogP contribution in [0.3, 0.4) is 0 Å². The first-order valence-corrected chi connectivity index (χ1v) is 10.9. The molecule has 2 aromatic carbocycles. The van der Waals surface area contributed by atoms with Gasteiger partial charge in [0.25, 0.3) is 0 Å². The fourth-order valence-corrected chi connectivity index (χ4v) is 7.43. The SMILES string of the molecule is C.C.C.C.C[Si](C)(O)O[Si](O)(c1ccccc1)c1ccccc1. The van der Waals surface area contributed by atoms with Crippen molar-refractivity contribution in [2.45, 2.75) is 42.8 Å². The molecule has 0 heterocycles. The second-order valence-electron chi connectivity index (χ2n) is 4.92. The summed E-state index contributed by atoms with van der Waals surface area (Å²) >= 11 is 0. The molecule has 0 bridgehead atoms. The van der Waals surface area contributed by atoms with Crippen molar-refractivity contribution < 1.29 is 13.7 Å². The minimum atomic E-state index is -3.33. The lowest BCUT2D eigenvalue weighted by Crippen LogP contribution is -2.65. The standard InChI is InChI=1S/C14H18O3Si2.4CH4/c1-18(2,15)17-19(16,13-9-5-3-6-10-13)14-11-7-4-8-12-14;;;;/h3-12,15-16H,1-2H3;4*1H4. The molecule has 0 radical (unpaired) electrons. The van der Waals surface area contributed by atoms with Gasteiger partial charge in [-0.3, -0.25) is 0 Å². The Hall–Kier alpha value is -1.25. The molecule has 0 amide bonds. The van der Waals surface area contributed by atoms with Crippen molar-refractivity contribution in [2.75, 3.05) is 0 Å². The highest BCUT2D eigenvalue weighted by molar-refractivity contribution is 6.96. The predicted molar refractivity (Wildman–Crippen MR) is 108 cm³/mol. The van der Waals surface area contributed by atoms with E-state index >= 15 is 0 Å². The highest BCUT2D eigenvalue weighted by atomic mass is 28.5. The van der Waals surface area contributed by atoms with E-state index in [1.54, 1.807) is 13.1 Å². The van der Waals surface area contributed by atoms with E-state index in [0.717, 1.165) is 10.4 Å². The largest absolute Gasteiger partial charge is 0.411 e. The highest BCUT2D eigenvalue weighted by Crippen LogP contribution is 2.10. The van der Waals surface area contributed by atoms with Gasteiger partial charge in [0, 0.05) is 0 Å². The van der Waals surface area contributed by atoms with Gasteiger partial charge in [0.15, 0.2) is 0 Å². The number of benzene rings is 2. The van der Waals surface area contributed by atoms with Gasteiger partial charge >= 0.3 is 17.1 Å². The molecule has 2 N–H and O–H groups in total. The molecule has 5 heteroatoms. The fourth-order valence-electron chi connectivity index (χ4n) is 1.97. The second-order valence-corrected chi connectivity index (χ2v) is 11.1. The van der Waals surface area contributed by atoms with E-state index < -0.39 is 17.1 Å². The molecule has 3 nitrogen and oxygen atoms in total. The quantitative estimate of drug-likeness (QED) is 0.826. The maximum Gasteiger partial charge on any atom is 0.395 e. The molecular formula is C18H34O3Si2. The number of hydrogen-bond donors (Lipinski definition) is 2. The molecule has 0 spiro atoms. The minimum absolute atomic E-state index is 0. The summed E-state index contributed by atoms with van der Waals surface area (Å²) in [5.41, 5.74) is 0. The number of rotatable bonds is 4. The predicted octanol–water partition coefficient (Wildman–Crippen LogP) is 3.49. The van der Waals surface area contributed by atoms with Gasteiger partial charge in [0.05, 0.1) is 0 Å². The zero-order valence-corrected chi connectivity index (χ0v) is 13.1. The van der Waals surface area contributed by atoms with Gasteiger partial charge in [0.1, 0.15) is 0 Å². The summed E-state index contributed by atoms with van der Waals surface area (Å²) < 4.78 is 5.79. The van der Waals surface area contributed by atoms with Crippen LogP contribution < -0.4 is 10.4 Å². The van der Waals surface area contributed by atoms with Crippen molar-refractivity contribution in [3.05, 3.63) is 60.7 Å². The molecule has 0 fully saturated rings. The molecule has 0 aliphatic carbocycles. The first-order chi connectivity index (χ1) is 8.92. The van der Waals surface area contributed by atoms with Crippen LogP contribution in [0.25, 0.3) is 0 Å². The maximum atomic E-state index is 11.1. The molecule has 132 valence electrons. The van der Waals surface area contributed by atoms with E-state index in [0.29, 0.717) is 0 Å². The molecular weight excluding hydrogens is 320 g/mol. The molecule has 2 aromatic rings. The summed E-state index contributed by atoms with van der Waals surface area (Å²) in [5.74, 6) is 0. The summed E-state index contributed by atoms with van der Waals surface area (Å²) in [5, 5.41) is 1.49. The van der Waals surface area contributed by atoms with Gasteiger partial charge in [-0.2, -0.15) is 0 Å². The first-order valence-electron chi connectivity index (χ1n) is 6.18. The molecule has 0 saturated carbocycles. The molecule has 23 heavy (non-hydrogen) atoms. The Bertz CT molecular complexity index is 485. The zero-order chi connectivity index (χ0) is 13.9. The Labute approximate surface area is 145 Å². The Morgan fingerprint density at radius 1 is 0.652 bits per heavy atom. The van der Waals surface area contributed by atoms with Crippen molar-refractivity contribution in [1.82, 2.24) is 0 Å².